The number of fused-ring (bicyclic) bond motifs is 1. The highest BCUT2D eigenvalue weighted by molar-refractivity contribution is 7.92. The molecule has 2 aromatic heterocycles. The van der Waals surface area contributed by atoms with Gasteiger partial charge in [-0.05, 0) is 85.7 Å². The third-order valence-electron chi connectivity index (χ3n) is 7.26. The minimum Gasteiger partial charge on any atom is -0.387 e. The number of thiazole rings is 1. The maximum Gasteiger partial charge on any atom is 0.345 e. The van der Waals surface area contributed by atoms with Crippen LogP contribution in [0.4, 0.5) is 15.8 Å². The van der Waals surface area contributed by atoms with Gasteiger partial charge < -0.3 is 15.0 Å². The van der Waals surface area contributed by atoms with E-state index >= 15 is 0 Å². The standard InChI is InChI=1S/C31H32N6O6S2/c1-31(2,33-19-27(38)22-7-6-8-24(18-22)35-45(42,43)25-9-4-3-5-10-25)14-16-36-15-13-21-17-23(11-12-26(21)36)29(39)34-30-32-20-28(44-30)37(40)41/h3-13,15,17-18,20,27,33,35,38H,14,16,19H2,1-2H3,(H,32,34,39)/t27-/m0/s1. The first-order chi connectivity index (χ1) is 21.4. The van der Waals surface area contributed by atoms with Gasteiger partial charge in [0, 0.05) is 47.0 Å². The zero-order chi connectivity index (χ0) is 32.2. The number of rotatable bonds is 13. The molecule has 0 aliphatic heterocycles. The van der Waals surface area contributed by atoms with E-state index in [0.717, 1.165) is 34.9 Å². The minimum atomic E-state index is -3.75. The van der Waals surface area contributed by atoms with Crippen LogP contribution >= 0.6 is 11.3 Å². The fourth-order valence-electron chi connectivity index (χ4n) is 4.72. The van der Waals surface area contributed by atoms with Crippen LogP contribution in [-0.4, -0.2) is 46.0 Å². The van der Waals surface area contributed by atoms with E-state index < -0.39 is 27.0 Å². The van der Waals surface area contributed by atoms with E-state index in [2.05, 4.69) is 24.9 Å². The molecule has 0 spiro atoms. The first-order valence-electron chi connectivity index (χ1n) is 14.0. The van der Waals surface area contributed by atoms with Gasteiger partial charge in [0.2, 0.25) is 0 Å². The van der Waals surface area contributed by atoms with Gasteiger partial charge in [-0.3, -0.25) is 24.9 Å². The number of sulfonamides is 1. The van der Waals surface area contributed by atoms with Gasteiger partial charge in [0.15, 0.2) is 5.13 Å². The second-order valence-corrected chi connectivity index (χ2v) is 13.8. The SMILES string of the molecule is CC(C)(CCn1ccc2cc(C(=O)Nc3ncc([N+](=O)[O-])s3)ccc21)NC[C@H](O)c1cccc(NS(=O)(=O)c2ccccc2)c1. The van der Waals surface area contributed by atoms with E-state index in [1.807, 2.05) is 32.2 Å². The number of aryl methyl sites for hydroxylation is 1. The lowest BCUT2D eigenvalue weighted by Crippen LogP contribution is -2.42. The topological polar surface area (TPSA) is 168 Å². The highest BCUT2D eigenvalue weighted by atomic mass is 32.2. The molecule has 0 fully saturated rings. The van der Waals surface area contributed by atoms with Gasteiger partial charge in [-0.2, -0.15) is 0 Å². The van der Waals surface area contributed by atoms with Crippen molar-refractivity contribution in [1.82, 2.24) is 14.9 Å². The van der Waals surface area contributed by atoms with Gasteiger partial charge >= 0.3 is 5.00 Å². The molecule has 5 rings (SSSR count). The van der Waals surface area contributed by atoms with Gasteiger partial charge in [-0.25, -0.2) is 13.4 Å². The summed E-state index contributed by atoms with van der Waals surface area (Å²) in [6, 6.07) is 22.0. The Kier molecular flexibility index (Phi) is 9.29. The number of aliphatic hydroxyl groups excluding tert-OH is 1. The fourth-order valence-corrected chi connectivity index (χ4v) is 6.41. The lowest BCUT2D eigenvalue weighted by atomic mass is 9.99. The summed E-state index contributed by atoms with van der Waals surface area (Å²) in [7, 11) is -3.75. The number of β-amino-alcohol motifs (C(OH)–C–C–N with tert-alkyl or cyclic N) is 1. The van der Waals surface area contributed by atoms with Crippen LogP contribution in [0.3, 0.4) is 0 Å². The predicted octanol–water partition coefficient (Wildman–Crippen LogP) is 5.55. The quantitative estimate of drug-likeness (QED) is 0.0952. The second-order valence-electron chi connectivity index (χ2n) is 11.1. The first kappa shape index (κ1) is 31.8. The van der Waals surface area contributed by atoms with E-state index in [0.29, 0.717) is 23.4 Å². The van der Waals surface area contributed by atoms with Crippen LogP contribution in [0.15, 0.2) is 96.2 Å². The maximum absolute atomic E-state index is 12.7. The highest BCUT2D eigenvalue weighted by Gasteiger charge is 2.21. The van der Waals surface area contributed by atoms with E-state index in [9.17, 15) is 28.4 Å². The van der Waals surface area contributed by atoms with Crippen LogP contribution in [0, 0.1) is 10.1 Å². The average Bonchev–Trinajstić information content (AvgIpc) is 3.66. The number of nitrogens with one attached hydrogen (secondary N) is 3. The fraction of sp³-hybridized carbons (Fsp3) is 0.226. The van der Waals surface area contributed by atoms with Crippen molar-refractivity contribution in [2.45, 2.75) is 43.4 Å². The molecule has 0 saturated heterocycles. The molecule has 0 unspecified atom stereocenters. The van der Waals surface area contributed by atoms with Crippen LogP contribution in [0.1, 0.15) is 42.3 Å². The zero-order valence-corrected chi connectivity index (χ0v) is 26.1. The van der Waals surface area contributed by atoms with Crippen molar-refractivity contribution >= 4 is 54.0 Å². The number of benzene rings is 3. The Hall–Kier alpha value is -4.63. The Bertz CT molecular complexity index is 1940. The summed E-state index contributed by atoms with van der Waals surface area (Å²) in [6.45, 7) is 5.02. The van der Waals surface area contributed by atoms with E-state index in [1.165, 1.54) is 12.1 Å². The summed E-state index contributed by atoms with van der Waals surface area (Å²) in [4.78, 5) is 27.0. The largest absolute Gasteiger partial charge is 0.387 e. The number of hydrogen-bond acceptors (Lipinski definition) is 9. The molecule has 0 bridgehead atoms. The number of hydrogen-bond donors (Lipinski definition) is 4. The summed E-state index contributed by atoms with van der Waals surface area (Å²) in [5.74, 6) is -0.406. The monoisotopic (exact) mass is 648 g/mol. The summed E-state index contributed by atoms with van der Waals surface area (Å²) >= 11 is 0.794. The smallest absolute Gasteiger partial charge is 0.345 e. The predicted molar refractivity (Wildman–Crippen MR) is 174 cm³/mol. The Morgan fingerprint density at radius 2 is 1.87 bits per heavy atom. The first-order valence-corrected chi connectivity index (χ1v) is 16.3. The molecule has 4 N–H and O–H groups in total. The molecule has 12 nitrogen and oxygen atoms in total. The van der Waals surface area contributed by atoms with E-state index in [1.54, 1.807) is 54.6 Å². The van der Waals surface area contributed by atoms with Gasteiger partial charge in [0.25, 0.3) is 15.9 Å². The Morgan fingerprint density at radius 3 is 2.60 bits per heavy atom. The van der Waals surface area contributed by atoms with Crippen molar-refractivity contribution in [3.63, 3.8) is 0 Å². The lowest BCUT2D eigenvalue weighted by molar-refractivity contribution is -0.380. The van der Waals surface area contributed by atoms with Crippen molar-refractivity contribution in [3.05, 3.63) is 112 Å². The third kappa shape index (κ3) is 7.91. The summed E-state index contributed by atoms with van der Waals surface area (Å²) < 4.78 is 30.1. The molecular formula is C31H32N6O6S2. The Labute approximate surface area is 264 Å². The third-order valence-corrected chi connectivity index (χ3v) is 9.52. The molecule has 1 atom stereocenters. The van der Waals surface area contributed by atoms with Gasteiger partial charge in [-0.15, -0.1) is 0 Å². The van der Waals surface area contributed by atoms with Crippen molar-refractivity contribution in [2.75, 3.05) is 16.6 Å². The Morgan fingerprint density at radius 1 is 1.09 bits per heavy atom. The van der Waals surface area contributed by atoms with Gasteiger partial charge in [-0.1, -0.05) is 30.3 Å². The zero-order valence-electron chi connectivity index (χ0n) is 24.5. The molecular weight excluding hydrogens is 617 g/mol. The molecule has 0 saturated carbocycles. The van der Waals surface area contributed by atoms with Gasteiger partial charge in [0.1, 0.15) is 6.20 Å². The van der Waals surface area contributed by atoms with Crippen LogP contribution in [-0.2, 0) is 16.6 Å². The second kappa shape index (κ2) is 13.2. The molecule has 45 heavy (non-hydrogen) atoms. The number of anilines is 2. The highest BCUT2D eigenvalue weighted by Crippen LogP contribution is 2.27. The maximum atomic E-state index is 12.7. The van der Waals surface area contributed by atoms with Gasteiger partial charge in [0.05, 0.1) is 15.9 Å². The number of nitrogens with zero attached hydrogens (tertiary/aromatic N) is 3. The van der Waals surface area contributed by atoms with E-state index in [4.69, 9.17) is 0 Å². The van der Waals surface area contributed by atoms with Crippen molar-refractivity contribution in [2.24, 2.45) is 0 Å². The molecule has 0 aliphatic rings. The van der Waals surface area contributed by atoms with Crippen molar-refractivity contribution in [3.8, 4) is 0 Å². The summed E-state index contributed by atoms with van der Waals surface area (Å²) in [5.41, 5.74) is 1.95. The minimum absolute atomic E-state index is 0.150. The van der Waals surface area contributed by atoms with Crippen LogP contribution < -0.4 is 15.4 Å². The number of aromatic nitrogens is 2. The molecule has 3 aromatic carbocycles. The number of carbonyl (C=O) groups excluding carboxylic acids is 1. The molecule has 5 aromatic rings. The Balaban J connectivity index is 1.16. The number of aliphatic hydroxyl groups is 1. The van der Waals surface area contributed by atoms with Crippen molar-refractivity contribution in [1.29, 1.82) is 0 Å². The number of carbonyl (C=O) groups is 1. The van der Waals surface area contributed by atoms with Crippen LogP contribution in [0.5, 0.6) is 0 Å². The summed E-state index contributed by atoms with van der Waals surface area (Å²) in [6.07, 6.45) is 2.92. The van der Waals surface area contributed by atoms with E-state index in [-0.39, 0.29) is 27.1 Å². The molecule has 0 radical (unpaired) electrons. The number of nitro groups is 1. The lowest BCUT2D eigenvalue weighted by Gasteiger charge is -2.28. The number of amides is 1. The normalized spacial score (nSPS) is 12.6. The average molecular weight is 649 g/mol. The summed E-state index contributed by atoms with van der Waals surface area (Å²) in [5, 5.41) is 28.7. The molecule has 14 heteroatoms. The molecule has 234 valence electrons. The molecule has 1 amide bonds. The molecule has 2 heterocycles. The van der Waals surface area contributed by atoms with Crippen molar-refractivity contribution < 1.29 is 23.2 Å². The van der Waals surface area contributed by atoms with Crippen LogP contribution in [0.2, 0.25) is 0 Å². The van der Waals surface area contributed by atoms with Crippen LogP contribution in [0.25, 0.3) is 10.9 Å². The molecule has 0 aliphatic carbocycles.